The van der Waals surface area contributed by atoms with E-state index in [1.165, 1.54) is 21.9 Å². The first kappa shape index (κ1) is 17.1. The number of nitrogens with zero attached hydrogens (tertiary/aromatic N) is 3. The second kappa shape index (κ2) is 7.43. The first-order valence-corrected chi connectivity index (χ1v) is 8.76. The molecule has 0 saturated carbocycles. The maximum atomic E-state index is 12.0. The van der Waals surface area contributed by atoms with Gasteiger partial charge in [-0.1, -0.05) is 18.3 Å². The highest BCUT2D eigenvalue weighted by atomic mass is 32.1. The van der Waals surface area contributed by atoms with Crippen LogP contribution in [0.4, 0.5) is 5.69 Å². The molecule has 0 atom stereocenters. The molecule has 3 rings (SSSR count). The van der Waals surface area contributed by atoms with Crippen LogP contribution in [0.1, 0.15) is 34.4 Å². The average Bonchev–Trinajstić information content (AvgIpc) is 2.99. The van der Waals surface area contributed by atoms with Crippen molar-refractivity contribution in [1.82, 2.24) is 14.6 Å². The Morgan fingerprint density at radius 1 is 1.32 bits per heavy atom. The Bertz CT molecular complexity index is 947. The summed E-state index contributed by atoms with van der Waals surface area (Å²) in [5.41, 5.74) is 1.78. The normalized spacial score (nSPS) is 10.8. The molecule has 0 aliphatic rings. The van der Waals surface area contributed by atoms with Gasteiger partial charge in [-0.15, -0.1) is 0 Å². The Morgan fingerprint density at radius 3 is 2.80 bits per heavy atom. The molecule has 2 heterocycles. The fourth-order valence-electron chi connectivity index (χ4n) is 2.24. The highest BCUT2D eigenvalue weighted by Crippen LogP contribution is 2.13. The summed E-state index contributed by atoms with van der Waals surface area (Å²) < 4.78 is 6.40. The average molecular weight is 358 g/mol. The van der Waals surface area contributed by atoms with Gasteiger partial charge >= 0.3 is 5.97 Å². The summed E-state index contributed by atoms with van der Waals surface area (Å²) in [5, 5.41) is 8.10. The molecule has 0 saturated heterocycles. The summed E-state index contributed by atoms with van der Waals surface area (Å²) in [6.45, 7) is 4.61. The van der Waals surface area contributed by atoms with Crippen molar-refractivity contribution in [2.24, 2.45) is 0 Å². The third-order valence-electron chi connectivity index (χ3n) is 3.43. The number of carbonyl (C=O) groups is 1. The monoisotopic (exact) mass is 358 g/mol. The van der Waals surface area contributed by atoms with E-state index in [1.54, 1.807) is 24.3 Å². The molecule has 0 aliphatic heterocycles. The summed E-state index contributed by atoms with van der Waals surface area (Å²) in [7, 11) is 0. The van der Waals surface area contributed by atoms with Gasteiger partial charge < -0.3 is 10.1 Å². The van der Waals surface area contributed by atoms with Crippen molar-refractivity contribution in [1.29, 1.82) is 0 Å². The second-order valence-electron chi connectivity index (χ2n) is 5.47. The van der Waals surface area contributed by atoms with Crippen LogP contribution in [0.15, 0.2) is 35.1 Å². The lowest BCUT2D eigenvalue weighted by atomic mass is 10.2. The summed E-state index contributed by atoms with van der Waals surface area (Å²) in [6.07, 6.45) is 0.794. The molecule has 1 N–H and O–H groups in total. The Morgan fingerprint density at radius 2 is 2.08 bits per heavy atom. The fourth-order valence-corrected chi connectivity index (χ4v) is 3.00. The maximum Gasteiger partial charge on any atom is 0.338 e. The van der Waals surface area contributed by atoms with Crippen LogP contribution >= 0.6 is 11.3 Å². The molecule has 0 unspecified atom stereocenters. The number of hydrogen-bond acceptors (Lipinski definition) is 7. The number of ether oxygens (including phenoxy) is 1. The van der Waals surface area contributed by atoms with Crippen molar-refractivity contribution in [3.63, 3.8) is 0 Å². The third kappa shape index (κ3) is 4.03. The first-order valence-electron chi connectivity index (χ1n) is 7.94. The zero-order chi connectivity index (χ0) is 17.8. The van der Waals surface area contributed by atoms with E-state index in [2.05, 4.69) is 15.4 Å². The van der Waals surface area contributed by atoms with Gasteiger partial charge in [0.15, 0.2) is 0 Å². The predicted molar refractivity (Wildman–Crippen MR) is 96.2 cm³/mol. The summed E-state index contributed by atoms with van der Waals surface area (Å²) in [6, 6.07) is 8.47. The number of rotatable bonds is 6. The number of nitrogens with one attached hydrogen (secondary N) is 1. The van der Waals surface area contributed by atoms with Crippen LogP contribution in [0.3, 0.4) is 0 Å². The highest BCUT2D eigenvalue weighted by molar-refractivity contribution is 7.16. The van der Waals surface area contributed by atoms with Crippen molar-refractivity contribution >= 4 is 28.0 Å². The van der Waals surface area contributed by atoms with Crippen LogP contribution in [0.5, 0.6) is 0 Å². The molecule has 0 spiro atoms. The van der Waals surface area contributed by atoms with E-state index in [0.29, 0.717) is 29.4 Å². The number of aromatic nitrogens is 3. The topological polar surface area (TPSA) is 85.6 Å². The molecule has 8 heteroatoms. The standard InChI is InChI=1S/C17H18N4O3S/c1-3-8-24-16(23)12-4-6-13(7-5-12)18-10-14-9-15(22)21-17(19-14)25-11(2)20-21/h4-7,9,18H,3,8,10H2,1-2H3. The molecule has 130 valence electrons. The lowest BCUT2D eigenvalue weighted by molar-refractivity contribution is 0.0505. The molecule has 2 aromatic heterocycles. The lowest BCUT2D eigenvalue weighted by Gasteiger charge is -2.07. The van der Waals surface area contributed by atoms with Gasteiger partial charge in [-0.25, -0.2) is 9.78 Å². The molecule has 0 amide bonds. The molecule has 0 radical (unpaired) electrons. The van der Waals surface area contributed by atoms with E-state index in [1.807, 2.05) is 13.8 Å². The molecule has 0 fully saturated rings. The second-order valence-corrected chi connectivity index (χ2v) is 6.63. The van der Waals surface area contributed by atoms with Crippen LogP contribution in [0.25, 0.3) is 4.96 Å². The van der Waals surface area contributed by atoms with E-state index >= 15 is 0 Å². The Labute approximate surface area is 148 Å². The SMILES string of the molecule is CCCOC(=O)c1ccc(NCc2cc(=O)n3nc(C)sc3n2)cc1. The molecule has 1 aromatic carbocycles. The van der Waals surface area contributed by atoms with Gasteiger partial charge in [0.1, 0.15) is 5.01 Å². The number of esters is 1. The Balaban J connectivity index is 1.67. The van der Waals surface area contributed by atoms with Gasteiger partial charge in [0.25, 0.3) is 5.56 Å². The maximum absolute atomic E-state index is 12.0. The van der Waals surface area contributed by atoms with Crippen molar-refractivity contribution in [3.8, 4) is 0 Å². The van der Waals surface area contributed by atoms with Gasteiger partial charge in [-0.2, -0.15) is 9.61 Å². The number of hydrogen-bond donors (Lipinski definition) is 1. The van der Waals surface area contributed by atoms with Crippen molar-refractivity contribution in [3.05, 3.63) is 57.0 Å². The molecule has 7 nitrogen and oxygen atoms in total. The summed E-state index contributed by atoms with van der Waals surface area (Å²) >= 11 is 1.38. The number of aryl methyl sites for hydroxylation is 1. The molecule has 0 aliphatic carbocycles. The minimum atomic E-state index is -0.325. The van der Waals surface area contributed by atoms with E-state index in [0.717, 1.165) is 17.1 Å². The molecule has 3 aromatic rings. The van der Waals surface area contributed by atoms with Crippen molar-refractivity contribution < 1.29 is 9.53 Å². The Hall–Kier alpha value is -2.74. The van der Waals surface area contributed by atoms with E-state index < -0.39 is 0 Å². The Kier molecular flexibility index (Phi) is 5.08. The summed E-state index contributed by atoms with van der Waals surface area (Å²) in [4.78, 5) is 28.8. The van der Waals surface area contributed by atoms with Gasteiger partial charge in [0, 0.05) is 11.8 Å². The number of benzene rings is 1. The number of anilines is 1. The first-order chi connectivity index (χ1) is 12.1. The minimum absolute atomic E-state index is 0.194. The fraction of sp³-hybridized carbons (Fsp3) is 0.294. The number of fused-ring (bicyclic) bond motifs is 1. The van der Waals surface area contributed by atoms with E-state index in [-0.39, 0.29) is 11.5 Å². The van der Waals surface area contributed by atoms with Gasteiger partial charge in [0.05, 0.1) is 24.4 Å². The van der Waals surface area contributed by atoms with Gasteiger partial charge in [-0.05, 0) is 37.6 Å². The predicted octanol–water partition coefficient (Wildman–Crippen LogP) is 2.64. The van der Waals surface area contributed by atoms with Crippen LogP contribution in [-0.2, 0) is 11.3 Å². The minimum Gasteiger partial charge on any atom is -0.462 e. The molecular formula is C17H18N4O3S. The van der Waals surface area contributed by atoms with Gasteiger partial charge in [0.2, 0.25) is 4.96 Å². The zero-order valence-corrected chi connectivity index (χ0v) is 14.8. The van der Waals surface area contributed by atoms with E-state index in [4.69, 9.17) is 4.74 Å². The number of carbonyl (C=O) groups excluding carboxylic acids is 1. The smallest absolute Gasteiger partial charge is 0.338 e. The van der Waals surface area contributed by atoms with Crippen molar-refractivity contribution in [2.45, 2.75) is 26.8 Å². The van der Waals surface area contributed by atoms with Crippen molar-refractivity contribution in [2.75, 3.05) is 11.9 Å². The van der Waals surface area contributed by atoms with Crippen LogP contribution in [0, 0.1) is 6.92 Å². The quantitative estimate of drug-likeness (QED) is 0.682. The summed E-state index contributed by atoms with van der Waals surface area (Å²) in [5.74, 6) is -0.325. The van der Waals surface area contributed by atoms with Gasteiger partial charge in [-0.3, -0.25) is 4.79 Å². The third-order valence-corrected chi connectivity index (χ3v) is 4.25. The van der Waals surface area contributed by atoms with E-state index in [9.17, 15) is 9.59 Å². The zero-order valence-electron chi connectivity index (χ0n) is 14.0. The molecule has 25 heavy (non-hydrogen) atoms. The van der Waals surface area contributed by atoms with Crippen LogP contribution in [0.2, 0.25) is 0 Å². The highest BCUT2D eigenvalue weighted by Gasteiger charge is 2.08. The van der Waals surface area contributed by atoms with Crippen LogP contribution in [-0.4, -0.2) is 27.2 Å². The molecular weight excluding hydrogens is 340 g/mol. The largest absolute Gasteiger partial charge is 0.462 e. The molecule has 0 bridgehead atoms. The van der Waals surface area contributed by atoms with Crippen LogP contribution < -0.4 is 10.9 Å². The lowest BCUT2D eigenvalue weighted by Crippen LogP contribution is -2.16.